The molecule has 0 bridgehead atoms. The lowest BCUT2D eigenvalue weighted by Gasteiger charge is -2.18. The third kappa shape index (κ3) is 3.77. The first-order valence-electron chi connectivity index (χ1n) is 9.13. The van der Waals surface area contributed by atoms with Crippen molar-refractivity contribution in [2.45, 2.75) is 11.4 Å². The second-order valence-corrected chi connectivity index (χ2v) is 9.26. The van der Waals surface area contributed by atoms with Crippen molar-refractivity contribution in [2.75, 3.05) is 7.05 Å². The predicted octanol–water partition coefficient (Wildman–Crippen LogP) is 3.12. The number of rotatable bonds is 6. The van der Waals surface area contributed by atoms with Crippen molar-refractivity contribution in [1.82, 2.24) is 19.1 Å². The van der Waals surface area contributed by atoms with Gasteiger partial charge in [0.2, 0.25) is 10.0 Å². The Kier molecular flexibility index (Phi) is 5.55. The Balaban J connectivity index is 1.84. The molecule has 2 heterocycles. The molecule has 3 N–H and O–H groups in total. The fourth-order valence-electron chi connectivity index (χ4n) is 3.14. The summed E-state index contributed by atoms with van der Waals surface area (Å²) in [4.78, 5) is -0.468. The highest BCUT2D eigenvalue weighted by Crippen LogP contribution is 2.39. The van der Waals surface area contributed by atoms with E-state index in [9.17, 15) is 23.7 Å². The van der Waals surface area contributed by atoms with Crippen molar-refractivity contribution in [3.8, 4) is 34.6 Å². The molecule has 12 heteroatoms. The van der Waals surface area contributed by atoms with Gasteiger partial charge in [0.15, 0.2) is 5.82 Å². The molecule has 4 rings (SSSR count). The number of aromatic nitrogens is 3. The van der Waals surface area contributed by atoms with E-state index in [1.54, 1.807) is 30.3 Å². The molecule has 2 aromatic carbocycles. The Morgan fingerprint density at radius 3 is 2.53 bits per heavy atom. The van der Waals surface area contributed by atoms with E-state index in [2.05, 4.69) is 10.2 Å². The molecular formula is C20H17ClN4O6S. The normalized spacial score (nSPS) is 11.8. The fraction of sp³-hybridized carbons (Fsp3) is 0.100. The summed E-state index contributed by atoms with van der Waals surface area (Å²) in [6, 6.07) is 9.55. The fourth-order valence-corrected chi connectivity index (χ4v) is 4.61. The Bertz CT molecular complexity index is 1390. The monoisotopic (exact) mass is 476 g/mol. The maximum absolute atomic E-state index is 13.1. The van der Waals surface area contributed by atoms with E-state index in [0.29, 0.717) is 11.3 Å². The van der Waals surface area contributed by atoms with Crippen molar-refractivity contribution in [1.29, 1.82) is 0 Å². The Morgan fingerprint density at radius 2 is 1.84 bits per heavy atom. The van der Waals surface area contributed by atoms with Gasteiger partial charge in [0.25, 0.3) is 0 Å². The van der Waals surface area contributed by atoms with Crippen LogP contribution in [0.4, 0.5) is 0 Å². The Labute approximate surface area is 187 Å². The van der Waals surface area contributed by atoms with Crippen LogP contribution in [-0.4, -0.2) is 49.9 Å². The van der Waals surface area contributed by atoms with Crippen LogP contribution in [0, 0.1) is 0 Å². The van der Waals surface area contributed by atoms with Gasteiger partial charge in [-0.15, -0.1) is 5.10 Å². The highest BCUT2D eigenvalue weighted by Gasteiger charge is 2.28. The number of phenols is 2. The topological polar surface area (TPSA) is 142 Å². The summed E-state index contributed by atoms with van der Waals surface area (Å²) in [6.07, 6.45) is 2.82. The molecule has 0 saturated carbocycles. The summed E-state index contributed by atoms with van der Waals surface area (Å²) in [6.45, 7) is -0.00885. The number of benzene rings is 2. The molecule has 166 valence electrons. The molecule has 0 aliphatic carbocycles. The lowest BCUT2D eigenvalue weighted by atomic mass is 10.1. The lowest BCUT2D eigenvalue weighted by Crippen LogP contribution is -2.26. The van der Waals surface area contributed by atoms with Crippen molar-refractivity contribution in [3.63, 3.8) is 0 Å². The second kappa shape index (κ2) is 8.19. The molecule has 0 fully saturated rings. The third-order valence-corrected chi connectivity index (χ3v) is 6.88. The zero-order valence-corrected chi connectivity index (χ0v) is 18.1. The van der Waals surface area contributed by atoms with Gasteiger partial charge in [-0.2, -0.15) is 4.31 Å². The van der Waals surface area contributed by atoms with Crippen LogP contribution in [0.1, 0.15) is 5.56 Å². The number of hydrogen-bond donors (Lipinski definition) is 3. The van der Waals surface area contributed by atoms with E-state index >= 15 is 0 Å². The summed E-state index contributed by atoms with van der Waals surface area (Å²) in [5.41, 5.74) is 0.824. The molecule has 0 unspecified atom stereocenters. The van der Waals surface area contributed by atoms with Crippen LogP contribution in [0.25, 0.3) is 17.1 Å². The van der Waals surface area contributed by atoms with E-state index in [0.717, 1.165) is 21.0 Å². The standard InChI is InChI=1S/C20H17ClN4O6S/c1-24(10-12-6-7-31-11-12)32(29,30)18-8-13(16(26)9-17(18)27)19-22-23-20(28)25(19)15-5-3-2-4-14(15)21/h2-9,11,26-27H,10H2,1H3,(H,23,28). The molecule has 0 spiro atoms. The Hall–Kier alpha value is -3.54. The zero-order valence-electron chi connectivity index (χ0n) is 16.5. The van der Waals surface area contributed by atoms with E-state index < -0.39 is 32.4 Å². The van der Waals surface area contributed by atoms with E-state index in [4.69, 9.17) is 16.0 Å². The number of para-hydroxylation sites is 1. The first-order valence-corrected chi connectivity index (χ1v) is 10.9. The molecule has 0 amide bonds. The SMILES string of the molecule is CN(Cc1ccoc1)S(=O)(=O)c1cc(-c2nnc(O)n2-c2ccccc2Cl)c(O)cc1O. The maximum atomic E-state index is 13.1. The molecule has 0 atom stereocenters. The van der Waals surface area contributed by atoms with Crippen molar-refractivity contribution < 1.29 is 28.2 Å². The minimum atomic E-state index is -4.19. The molecule has 32 heavy (non-hydrogen) atoms. The molecular weight excluding hydrogens is 460 g/mol. The highest BCUT2D eigenvalue weighted by atomic mass is 35.5. The average molecular weight is 477 g/mol. The quantitative estimate of drug-likeness (QED) is 0.385. The highest BCUT2D eigenvalue weighted by molar-refractivity contribution is 7.89. The predicted molar refractivity (Wildman–Crippen MR) is 114 cm³/mol. The Morgan fingerprint density at radius 1 is 1.09 bits per heavy atom. The van der Waals surface area contributed by atoms with E-state index in [-0.39, 0.29) is 23.0 Å². The molecule has 10 nitrogen and oxygen atoms in total. The summed E-state index contributed by atoms with van der Waals surface area (Å²) in [5, 5.41) is 38.7. The van der Waals surface area contributed by atoms with Crippen LogP contribution in [0.15, 0.2) is 64.3 Å². The van der Waals surface area contributed by atoms with Crippen molar-refractivity contribution in [2.24, 2.45) is 0 Å². The lowest BCUT2D eigenvalue weighted by molar-refractivity contribution is 0.420. The van der Waals surface area contributed by atoms with Gasteiger partial charge in [-0.1, -0.05) is 28.8 Å². The number of halogens is 1. The van der Waals surface area contributed by atoms with Gasteiger partial charge in [0.1, 0.15) is 16.4 Å². The maximum Gasteiger partial charge on any atom is 0.319 e. The molecule has 0 saturated heterocycles. The van der Waals surface area contributed by atoms with E-state index in [1.807, 2.05) is 0 Å². The van der Waals surface area contributed by atoms with Gasteiger partial charge in [-0.25, -0.2) is 13.0 Å². The molecule has 0 aliphatic heterocycles. The first kappa shape index (κ1) is 21.7. The van der Waals surface area contributed by atoms with Crippen molar-refractivity contribution in [3.05, 3.63) is 65.6 Å². The first-order chi connectivity index (χ1) is 15.2. The van der Waals surface area contributed by atoms with E-state index in [1.165, 1.54) is 19.6 Å². The van der Waals surface area contributed by atoms with Crippen LogP contribution >= 0.6 is 11.6 Å². The van der Waals surface area contributed by atoms with Gasteiger partial charge in [0.05, 0.1) is 28.8 Å². The summed E-state index contributed by atoms with van der Waals surface area (Å²) < 4.78 is 33.4. The van der Waals surface area contributed by atoms with Gasteiger partial charge in [-0.3, -0.25) is 0 Å². The minimum absolute atomic E-state index is 0.00885. The zero-order chi connectivity index (χ0) is 23.0. The summed E-state index contributed by atoms with van der Waals surface area (Å²) in [5.74, 6) is -1.21. The second-order valence-electron chi connectivity index (χ2n) is 6.84. The van der Waals surface area contributed by atoms with Crippen LogP contribution in [-0.2, 0) is 16.6 Å². The number of furan rings is 1. The van der Waals surface area contributed by atoms with Crippen LogP contribution < -0.4 is 0 Å². The van der Waals surface area contributed by atoms with Gasteiger partial charge >= 0.3 is 6.01 Å². The average Bonchev–Trinajstić information content (AvgIpc) is 3.38. The third-order valence-electron chi connectivity index (χ3n) is 4.73. The number of nitrogens with zero attached hydrogens (tertiary/aromatic N) is 4. The number of aromatic hydroxyl groups is 3. The van der Waals surface area contributed by atoms with Crippen LogP contribution in [0.2, 0.25) is 5.02 Å². The molecule has 0 aliphatic rings. The van der Waals surface area contributed by atoms with Gasteiger partial charge in [-0.05, 0) is 24.3 Å². The number of sulfonamides is 1. The minimum Gasteiger partial charge on any atom is -0.507 e. The van der Waals surface area contributed by atoms with Crippen LogP contribution in [0.3, 0.4) is 0 Å². The number of phenolic OH excluding ortho intramolecular Hbond substituents is 2. The smallest absolute Gasteiger partial charge is 0.319 e. The number of hydrogen-bond acceptors (Lipinski definition) is 8. The van der Waals surface area contributed by atoms with Gasteiger partial charge < -0.3 is 19.7 Å². The molecule has 4 aromatic rings. The summed E-state index contributed by atoms with van der Waals surface area (Å²) in [7, 11) is -2.85. The molecule has 0 radical (unpaired) electrons. The van der Waals surface area contributed by atoms with Crippen LogP contribution in [0.5, 0.6) is 17.5 Å². The largest absolute Gasteiger partial charge is 0.507 e. The summed E-state index contributed by atoms with van der Waals surface area (Å²) >= 11 is 6.22. The molecule has 2 aromatic heterocycles. The van der Waals surface area contributed by atoms with Gasteiger partial charge in [0, 0.05) is 25.2 Å². The van der Waals surface area contributed by atoms with Crippen molar-refractivity contribution >= 4 is 21.6 Å².